The molecule has 0 unspecified atom stereocenters. The first-order valence-electron chi connectivity index (χ1n) is 9.15. The number of para-hydroxylation sites is 1. The SMILES string of the molecule is CN=C(NCc1ccc(-n2nc(C)cc2C)nc1)NCc1ccccc1OC.I. The Hall–Kier alpha value is -2.62. The lowest BCUT2D eigenvalue weighted by molar-refractivity contribution is 0.409. The third kappa shape index (κ3) is 5.93. The van der Waals surface area contributed by atoms with Crippen LogP contribution in [0.2, 0.25) is 0 Å². The number of benzene rings is 1. The average Bonchev–Trinajstić information content (AvgIpc) is 3.06. The van der Waals surface area contributed by atoms with Crippen LogP contribution in [0.1, 0.15) is 22.5 Å². The first kappa shape index (κ1) is 22.7. The molecule has 3 rings (SSSR count). The van der Waals surface area contributed by atoms with E-state index in [2.05, 4.69) is 25.7 Å². The Balaban J connectivity index is 0.00000300. The minimum Gasteiger partial charge on any atom is -0.496 e. The second-order valence-corrected chi connectivity index (χ2v) is 6.45. The van der Waals surface area contributed by atoms with Crippen LogP contribution < -0.4 is 15.4 Å². The van der Waals surface area contributed by atoms with Crippen molar-refractivity contribution in [2.75, 3.05) is 14.2 Å². The minimum absolute atomic E-state index is 0. The van der Waals surface area contributed by atoms with Gasteiger partial charge in [-0.25, -0.2) is 9.67 Å². The molecule has 0 bridgehead atoms. The van der Waals surface area contributed by atoms with Gasteiger partial charge in [-0.3, -0.25) is 4.99 Å². The highest BCUT2D eigenvalue weighted by molar-refractivity contribution is 14.0. The van der Waals surface area contributed by atoms with E-state index in [1.165, 1.54) is 0 Å². The molecule has 154 valence electrons. The maximum Gasteiger partial charge on any atom is 0.191 e. The first-order valence-corrected chi connectivity index (χ1v) is 9.15. The molecule has 3 aromatic rings. The van der Waals surface area contributed by atoms with Crippen molar-refractivity contribution in [1.29, 1.82) is 0 Å². The van der Waals surface area contributed by atoms with E-state index in [1.54, 1.807) is 14.2 Å². The Kier molecular flexibility index (Phi) is 8.44. The normalized spacial score (nSPS) is 11.0. The van der Waals surface area contributed by atoms with Crippen LogP contribution in [0, 0.1) is 13.8 Å². The molecule has 0 saturated heterocycles. The maximum atomic E-state index is 5.38. The van der Waals surface area contributed by atoms with Crippen LogP contribution >= 0.6 is 24.0 Å². The standard InChI is InChI=1S/C21H26N6O.HI/c1-15-11-16(2)27(26-15)20-10-9-17(12-23-20)13-24-21(22-3)25-14-18-7-5-6-8-19(18)28-4;/h5-12H,13-14H2,1-4H3,(H2,22,24,25);1H. The highest BCUT2D eigenvalue weighted by Crippen LogP contribution is 2.16. The zero-order valence-corrected chi connectivity index (χ0v) is 19.5. The lowest BCUT2D eigenvalue weighted by Crippen LogP contribution is -2.36. The van der Waals surface area contributed by atoms with E-state index in [0.29, 0.717) is 19.0 Å². The molecule has 0 aliphatic carbocycles. The number of ether oxygens (including phenoxy) is 1. The summed E-state index contributed by atoms with van der Waals surface area (Å²) in [5.41, 5.74) is 4.18. The molecule has 0 fully saturated rings. The Bertz CT molecular complexity index is 952. The number of halogens is 1. The molecule has 2 N–H and O–H groups in total. The van der Waals surface area contributed by atoms with Crippen molar-refractivity contribution in [3.8, 4) is 11.6 Å². The van der Waals surface area contributed by atoms with Gasteiger partial charge in [-0.2, -0.15) is 5.10 Å². The van der Waals surface area contributed by atoms with Crippen molar-refractivity contribution in [2.24, 2.45) is 4.99 Å². The molecular formula is C21H27IN6O. The van der Waals surface area contributed by atoms with Crippen LogP contribution in [0.3, 0.4) is 0 Å². The molecule has 2 heterocycles. The number of methoxy groups -OCH3 is 1. The molecule has 0 amide bonds. The van der Waals surface area contributed by atoms with E-state index in [4.69, 9.17) is 4.74 Å². The number of nitrogens with zero attached hydrogens (tertiary/aromatic N) is 4. The van der Waals surface area contributed by atoms with Crippen molar-refractivity contribution in [1.82, 2.24) is 25.4 Å². The predicted molar refractivity (Wildman–Crippen MR) is 126 cm³/mol. The molecule has 0 radical (unpaired) electrons. The smallest absolute Gasteiger partial charge is 0.191 e. The molecule has 2 aromatic heterocycles. The van der Waals surface area contributed by atoms with Crippen molar-refractivity contribution < 1.29 is 4.74 Å². The molecular weight excluding hydrogens is 479 g/mol. The number of rotatable bonds is 6. The summed E-state index contributed by atoms with van der Waals surface area (Å²) in [7, 11) is 3.43. The predicted octanol–water partition coefficient (Wildman–Crippen LogP) is 3.38. The van der Waals surface area contributed by atoms with E-state index in [-0.39, 0.29) is 24.0 Å². The second-order valence-electron chi connectivity index (χ2n) is 6.45. The summed E-state index contributed by atoms with van der Waals surface area (Å²) in [4.78, 5) is 8.80. The summed E-state index contributed by atoms with van der Waals surface area (Å²) in [6, 6.07) is 14.0. The fourth-order valence-electron chi connectivity index (χ4n) is 2.94. The molecule has 0 atom stereocenters. The summed E-state index contributed by atoms with van der Waals surface area (Å²) in [5, 5.41) is 11.1. The van der Waals surface area contributed by atoms with Gasteiger partial charge in [0.1, 0.15) is 5.75 Å². The molecule has 8 heteroatoms. The molecule has 7 nitrogen and oxygen atoms in total. The molecule has 29 heavy (non-hydrogen) atoms. The number of hydrogen-bond acceptors (Lipinski definition) is 4. The number of aliphatic imine (C=N–C) groups is 1. The molecule has 1 aromatic carbocycles. The van der Waals surface area contributed by atoms with Gasteiger partial charge >= 0.3 is 0 Å². The number of hydrogen-bond donors (Lipinski definition) is 2. The molecule has 0 aliphatic heterocycles. The molecule has 0 saturated carbocycles. The fourth-order valence-corrected chi connectivity index (χ4v) is 2.94. The van der Waals surface area contributed by atoms with Gasteiger partial charge < -0.3 is 15.4 Å². The van der Waals surface area contributed by atoms with E-state index in [1.807, 2.05) is 67.2 Å². The van der Waals surface area contributed by atoms with Gasteiger partial charge in [-0.05, 0) is 37.6 Å². The van der Waals surface area contributed by atoms with E-state index >= 15 is 0 Å². The number of pyridine rings is 1. The third-order valence-electron chi connectivity index (χ3n) is 4.36. The van der Waals surface area contributed by atoms with Gasteiger partial charge in [0.25, 0.3) is 0 Å². The van der Waals surface area contributed by atoms with E-state index in [0.717, 1.165) is 34.1 Å². The fraction of sp³-hybridized carbons (Fsp3) is 0.286. The van der Waals surface area contributed by atoms with Crippen molar-refractivity contribution in [2.45, 2.75) is 26.9 Å². The van der Waals surface area contributed by atoms with Crippen LogP contribution in [-0.4, -0.2) is 34.9 Å². The quantitative estimate of drug-likeness (QED) is 0.305. The monoisotopic (exact) mass is 506 g/mol. The summed E-state index contributed by atoms with van der Waals surface area (Å²) in [6.45, 7) is 5.24. The maximum absolute atomic E-state index is 5.38. The lowest BCUT2D eigenvalue weighted by atomic mass is 10.2. The number of aryl methyl sites for hydroxylation is 2. The zero-order valence-electron chi connectivity index (χ0n) is 17.1. The second kappa shape index (κ2) is 10.8. The van der Waals surface area contributed by atoms with Gasteiger partial charge in [0.15, 0.2) is 11.8 Å². The highest BCUT2D eigenvalue weighted by atomic mass is 127. The Morgan fingerprint density at radius 3 is 2.48 bits per heavy atom. The molecule has 0 spiro atoms. The van der Waals surface area contributed by atoms with Crippen LogP contribution in [0.5, 0.6) is 5.75 Å². The summed E-state index contributed by atoms with van der Waals surface area (Å²) < 4.78 is 7.23. The Morgan fingerprint density at radius 2 is 1.86 bits per heavy atom. The van der Waals surface area contributed by atoms with Crippen molar-refractivity contribution in [3.05, 3.63) is 71.2 Å². The average molecular weight is 506 g/mol. The van der Waals surface area contributed by atoms with Crippen molar-refractivity contribution >= 4 is 29.9 Å². The Labute approximate surface area is 188 Å². The van der Waals surface area contributed by atoms with Crippen LogP contribution in [0.15, 0.2) is 53.7 Å². The summed E-state index contributed by atoms with van der Waals surface area (Å²) >= 11 is 0. The Morgan fingerprint density at radius 1 is 1.10 bits per heavy atom. The van der Waals surface area contributed by atoms with Gasteiger partial charge in [0.05, 0.1) is 12.8 Å². The zero-order chi connectivity index (χ0) is 19.9. The minimum atomic E-state index is 0. The van der Waals surface area contributed by atoms with Crippen LogP contribution in [0.25, 0.3) is 5.82 Å². The van der Waals surface area contributed by atoms with Crippen LogP contribution in [-0.2, 0) is 13.1 Å². The first-order chi connectivity index (χ1) is 13.6. The van der Waals surface area contributed by atoms with Gasteiger partial charge in [0, 0.05) is 37.6 Å². The largest absolute Gasteiger partial charge is 0.496 e. The number of aromatic nitrogens is 3. The van der Waals surface area contributed by atoms with Gasteiger partial charge in [-0.15, -0.1) is 24.0 Å². The third-order valence-corrected chi connectivity index (χ3v) is 4.36. The lowest BCUT2D eigenvalue weighted by Gasteiger charge is -2.14. The van der Waals surface area contributed by atoms with E-state index < -0.39 is 0 Å². The van der Waals surface area contributed by atoms with Gasteiger partial charge in [-0.1, -0.05) is 24.3 Å². The van der Waals surface area contributed by atoms with E-state index in [9.17, 15) is 0 Å². The highest BCUT2D eigenvalue weighted by Gasteiger charge is 2.06. The number of nitrogens with one attached hydrogen (secondary N) is 2. The summed E-state index contributed by atoms with van der Waals surface area (Å²) in [6.07, 6.45) is 1.85. The van der Waals surface area contributed by atoms with Crippen LogP contribution in [0.4, 0.5) is 0 Å². The molecule has 0 aliphatic rings. The summed E-state index contributed by atoms with van der Waals surface area (Å²) in [5.74, 6) is 2.39. The van der Waals surface area contributed by atoms with Crippen molar-refractivity contribution in [3.63, 3.8) is 0 Å². The number of guanidine groups is 1. The topological polar surface area (TPSA) is 76.4 Å². The van der Waals surface area contributed by atoms with Gasteiger partial charge in [0.2, 0.25) is 0 Å².